The summed E-state index contributed by atoms with van der Waals surface area (Å²) >= 11 is 0. The Hall–Kier alpha value is -1.58. The van der Waals surface area contributed by atoms with Gasteiger partial charge in [0.15, 0.2) is 0 Å². The van der Waals surface area contributed by atoms with E-state index in [9.17, 15) is 14.3 Å². The SMILES string of the molecule is CC1CC(C)(C)CC1(Nc1ccccc1F)C(=O)O. The number of aliphatic carboxylic acids is 1. The molecule has 104 valence electrons. The number of nitrogens with one attached hydrogen (secondary N) is 1. The standard InChI is InChI=1S/C15H20FNO2/c1-10-8-14(2,3)9-15(10,13(18)19)17-12-7-5-4-6-11(12)16/h4-7,10,17H,8-9H2,1-3H3,(H,18,19). The third kappa shape index (κ3) is 2.44. The number of hydrogen-bond donors (Lipinski definition) is 2. The largest absolute Gasteiger partial charge is 0.479 e. The Morgan fingerprint density at radius 3 is 2.53 bits per heavy atom. The molecule has 0 amide bonds. The highest BCUT2D eigenvalue weighted by molar-refractivity contribution is 5.84. The molecule has 1 fully saturated rings. The molecule has 1 aliphatic rings. The normalized spacial score (nSPS) is 29.2. The van der Waals surface area contributed by atoms with Crippen LogP contribution < -0.4 is 5.32 Å². The molecule has 0 spiro atoms. The van der Waals surface area contributed by atoms with Gasteiger partial charge in [-0.1, -0.05) is 32.9 Å². The fourth-order valence-corrected chi connectivity index (χ4v) is 3.31. The van der Waals surface area contributed by atoms with Crippen molar-refractivity contribution in [2.45, 2.75) is 39.2 Å². The summed E-state index contributed by atoms with van der Waals surface area (Å²) in [5.74, 6) is -1.38. The lowest BCUT2D eigenvalue weighted by molar-refractivity contribution is -0.143. The number of carboxylic acids is 1. The van der Waals surface area contributed by atoms with Crippen molar-refractivity contribution < 1.29 is 14.3 Å². The number of anilines is 1. The summed E-state index contributed by atoms with van der Waals surface area (Å²) < 4.78 is 13.7. The molecule has 2 unspecified atom stereocenters. The van der Waals surface area contributed by atoms with Gasteiger partial charge in [0.25, 0.3) is 0 Å². The number of rotatable bonds is 3. The predicted octanol–water partition coefficient (Wildman–Crippen LogP) is 3.52. The maximum Gasteiger partial charge on any atom is 0.329 e. The van der Waals surface area contributed by atoms with E-state index in [0.29, 0.717) is 6.42 Å². The van der Waals surface area contributed by atoms with Gasteiger partial charge in [-0.25, -0.2) is 9.18 Å². The van der Waals surface area contributed by atoms with Crippen molar-refractivity contribution in [2.75, 3.05) is 5.32 Å². The van der Waals surface area contributed by atoms with Gasteiger partial charge in [0.1, 0.15) is 11.4 Å². The van der Waals surface area contributed by atoms with Gasteiger partial charge in [-0.05, 0) is 36.3 Å². The van der Waals surface area contributed by atoms with Crippen LogP contribution in [0.5, 0.6) is 0 Å². The van der Waals surface area contributed by atoms with Crippen LogP contribution in [0.2, 0.25) is 0 Å². The quantitative estimate of drug-likeness (QED) is 0.879. The lowest BCUT2D eigenvalue weighted by Gasteiger charge is -2.32. The van der Waals surface area contributed by atoms with Crippen LogP contribution in [0.1, 0.15) is 33.6 Å². The molecule has 0 bridgehead atoms. The highest BCUT2D eigenvalue weighted by atomic mass is 19.1. The summed E-state index contributed by atoms with van der Waals surface area (Å²) in [7, 11) is 0. The van der Waals surface area contributed by atoms with E-state index < -0.39 is 17.3 Å². The van der Waals surface area contributed by atoms with Crippen molar-refractivity contribution in [1.29, 1.82) is 0 Å². The Balaban J connectivity index is 2.37. The first kappa shape index (κ1) is 13.8. The average Bonchev–Trinajstić information content (AvgIpc) is 2.53. The van der Waals surface area contributed by atoms with Crippen LogP contribution in [0.3, 0.4) is 0 Å². The van der Waals surface area contributed by atoms with Crippen molar-refractivity contribution in [3.8, 4) is 0 Å². The number of para-hydroxylation sites is 1. The molecule has 0 aromatic heterocycles. The van der Waals surface area contributed by atoms with Crippen LogP contribution in [0.4, 0.5) is 10.1 Å². The molecule has 1 aliphatic carbocycles. The minimum Gasteiger partial charge on any atom is -0.479 e. The van der Waals surface area contributed by atoms with Gasteiger partial charge >= 0.3 is 5.97 Å². The lowest BCUT2D eigenvalue weighted by Crippen LogP contribution is -2.49. The Labute approximate surface area is 112 Å². The smallest absolute Gasteiger partial charge is 0.329 e. The summed E-state index contributed by atoms with van der Waals surface area (Å²) in [6, 6.07) is 6.21. The molecule has 0 saturated heterocycles. The minimum atomic E-state index is -1.09. The van der Waals surface area contributed by atoms with Crippen LogP contribution in [0.25, 0.3) is 0 Å². The Kier molecular flexibility index (Phi) is 3.29. The van der Waals surface area contributed by atoms with Gasteiger partial charge in [0.2, 0.25) is 0 Å². The van der Waals surface area contributed by atoms with Gasteiger partial charge < -0.3 is 10.4 Å². The molecule has 3 nitrogen and oxygen atoms in total. The van der Waals surface area contributed by atoms with E-state index in [4.69, 9.17) is 0 Å². The fourth-order valence-electron chi connectivity index (χ4n) is 3.31. The van der Waals surface area contributed by atoms with Crippen molar-refractivity contribution in [3.63, 3.8) is 0 Å². The van der Waals surface area contributed by atoms with Crippen molar-refractivity contribution in [1.82, 2.24) is 0 Å². The molecule has 4 heteroatoms. The molecular weight excluding hydrogens is 245 g/mol. The summed E-state index contributed by atoms with van der Waals surface area (Å²) in [5.41, 5.74) is -0.892. The average molecular weight is 265 g/mol. The fraction of sp³-hybridized carbons (Fsp3) is 0.533. The second-order valence-electron chi connectivity index (χ2n) is 6.33. The van der Waals surface area contributed by atoms with E-state index in [1.807, 2.05) is 6.92 Å². The van der Waals surface area contributed by atoms with E-state index >= 15 is 0 Å². The minimum absolute atomic E-state index is 0.0559. The van der Waals surface area contributed by atoms with E-state index in [0.717, 1.165) is 6.42 Å². The predicted molar refractivity (Wildman–Crippen MR) is 72.6 cm³/mol. The second kappa shape index (κ2) is 4.51. The highest BCUT2D eigenvalue weighted by Crippen LogP contribution is 2.49. The van der Waals surface area contributed by atoms with Gasteiger partial charge in [0, 0.05) is 0 Å². The first-order valence-electron chi connectivity index (χ1n) is 6.53. The Morgan fingerprint density at radius 2 is 2.05 bits per heavy atom. The molecule has 1 aromatic rings. The first-order valence-corrected chi connectivity index (χ1v) is 6.53. The van der Waals surface area contributed by atoms with E-state index in [1.165, 1.54) is 6.07 Å². The number of halogens is 1. The van der Waals surface area contributed by atoms with Gasteiger partial charge in [-0.2, -0.15) is 0 Å². The summed E-state index contributed by atoms with van der Waals surface area (Å²) in [5, 5.41) is 12.6. The van der Waals surface area contributed by atoms with Crippen molar-refractivity contribution in [3.05, 3.63) is 30.1 Å². The van der Waals surface area contributed by atoms with E-state index in [2.05, 4.69) is 19.2 Å². The summed E-state index contributed by atoms with van der Waals surface area (Å²) in [6.45, 7) is 6.02. The molecule has 1 saturated carbocycles. The third-order valence-electron chi connectivity index (χ3n) is 4.07. The van der Waals surface area contributed by atoms with Gasteiger partial charge in [-0.3, -0.25) is 0 Å². The van der Waals surface area contributed by atoms with Gasteiger partial charge in [0.05, 0.1) is 5.69 Å². The van der Waals surface area contributed by atoms with Crippen molar-refractivity contribution in [2.24, 2.45) is 11.3 Å². The zero-order chi connectivity index (χ0) is 14.3. The number of hydrogen-bond acceptors (Lipinski definition) is 2. The lowest BCUT2D eigenvalue weighted by atomic mass is 9.86. The molecule has 19 heavy (non-hydrogen) atoms. The first-order chi connectivity index (χ1) is 8.77. The molecule has 1 aromatic carbocycles. The van der Waals surface area contributed by atoms with Crippen molar-refractivity contribution >= 4 is 11.7 Å². The highest BCUT2D eigenvalue weighted by Gasteiger charge is 2.54. The zero-order valence-electron chi connectivity index (χ0n) is 11.5. The van der Waals surface area contributed by atoms with Crippen LogP contribution in [-0.2, 0) is 4.79 Å². The topological polar surface area (TPSA) is 49.3 Å². The number of carbonyl (C=O) groups is 1. The maximum absolute atomic E-state index is 13.7. The zero-order valence-corrected chi connectivity index (χ0v) is 11.5. The molecular formula is C15H20FNO2. The molecule has 2 atom stereocenters. The van der Waals surface area contributed by atoms with Crippen LogP contribution in [-0.4, -0.2) is 16.6 Å². The Bertz CT molecular complexity index is 501. The molecule has 0 heterocycles. The van der Waals surface area contributed by atoms with Crippen LogP contribution >= 0.6 is 0 Å². The maximum atomic E-state index is 13.7. The Morgan fingerprint density at radius 1 is 1.42 bits per heavy atom. The van der Waals surface area contributed by atoms with Crippen LogP contribution in [0.15, 0.2) is 24.3 Å². The number of benzene rings is 1. The molecule has 2 rings (SSSR count). The molecule has 0 aliphatic heterocycles. The number of carboxylic acid groups (broad SMARTS) is 1. The summed E-state index contributed by atoms with van der Waals surface area (Å²) in [6.07, 6.45) is 1.30. The monoisotopic (exact) mass is 265 g/mol. The second-order valence-corrected chi connectivity index (χ2v) is 6.33. The third-order valence-corrected chi connectivity index (χ3v) is 4.07. The van der Waals surface area contributed by atoms with E-state index in [-0.39, 0.29) is 17.0 Å². The van der Waals surface area contributed by atoms with Crippen LogP contribution in [0, 0.1) is 17.2 Å². The van der Waals surface area contributed by atoms with Gasteiger partial charge in [-0.15, -0.1) is 0 Å². The summed E-state index contributed by atoms with van der Waals surface area (Å²) in [4.78, 5) is 11.8. The molecule has 2 N–H and O–H groups in total. The van der Waals surface area contributed by atoms with E-state index in [1.54, 1.807) is 18.2 Å². The molecule has 0 radical (unpaired) electrons.